The fraction of sp³-hybridized carbons (Fsp3) is 0. The normalized spacial score (nSPS) is 9.00. The van der Waals surface area contributed by atoms with Gasteiger partial charge in [-0.05, 0) is 0 Å². The van der Waals surface area contributed by atoms with E-state index in [0.717, 1.165) is 0 Å². The highest BCUT2D eigenvalue weighted by Crippen LogP contribution is 1.74. The summed E-state index contributed by atoms with van der Waals surface area (Å²) in [5.41, 5.74) is -0.142. The van der Waals surface area contributed by atoms with E-state index in [9.17, 15) is 10.0 Å². The van der Waals surface area contributed by atoms with Gasteiger partial charge in [0.05, 0.1) is 0 Å². The Hall–Kier alpha value is -1.25. The molecule has 0 aromatic carbocycles. The van der Waals surface area contributed by atoms with Gasteiger partial charge in [0.2, 0.25) is 0 Å². The van der Waals surface area contributed by atoms with Crippen LogP contribution in [0.3, 0.4) is 0 Å². The maximum absolute atomic E-state index is 10.3. The maximum Gasteiger partial charge on any atom is 0.181 e. The number of pyridine rings is 1. The largest absolute Gasteiger partial charge is 0.806 e. The summed E-state index contributed by atoms with van der Waals surface area (Å²) >= 11 is 0. The molecule has 3 nitrogen and oxygen atoms in total. The topological polar surface area (TPSA) is 45.1 Å². The molecule has 0 saturated heterocycles. The van der Waals surface area contributed by atoms with Crippen molar-refractivity contribution < 1.29 is 0 Å². The number of rotatable bonds is 0. The van der Waals surface area contributed by atoms with Crippen molar-refractivity contribution >= 4 is 0 Å². The molecule has 0 unspecified atom stereocenters. The standard InChI is InChI=1S/C5H4NO2/c7-5-1-3-6(8)4-2-5/h1-4H/q-1. The van der Waals surface area contributed by atoms with E-state index in [-0.39, 0.29) is 5.43 Å². The van der Waals surface area contributed by atoms with Crippen molar-refractivity contribution in [2.75, 3.05) is 0 Å². The van der Waals surface area contributed by atoms with Crippen LogP contribution in [0.25, 0.3) is 0 Å². The van der Waals surface area contributed by atoms with Gasteiger partial charge in [-0.3, -0.25) is 4.79 Å². The van der Waals surface area contributed by atoms with Crippen LogP contribution in [0.2, 0.25) is 0 Å². The third-order valence-electron chi connectivity index (χ3n) is 0.771. The number of hydrogen-bond donors (Lipinski definition) is 0. The van der Waals surface area contributed by atoms with Crippen molar-refractivity contribution in [1.29, 1.82) is 0 Å². The van der Waals surface area contributed by atoms with Gasteiger partial charge in [-0.15, -0.1) is 0 Å². The molecule has 1 heterocycles. The molecule has 1 aromatic rings. The van der Waals surface area contributed by atoms with E-state index in [4.69, 9.17) is 0 Å². The van der Waals surface area contributed by atoms with Crippen molar-refractivity contribution in [3.8, 4) is 0 Å². The molecule has 0 saturated carbocycles. The summed E-state index contributed by atoms with van der Waals surface area (Å²) in [6.45, 7) is 0. The molecule has 0 N–H and O–H groups in total. The van der Waals surface area contributed by atoms with Crippen molar-refractivity contribution in [1.82, 2.24) is 4.73 Å². The monoisotopic (exact) mass is 110 g/mol. The van der Waals surface area contributed by atoms with E-state index in [1.54, 1.807) is 0 Å². The van der Waals surface area contributed by atoms with Crippen LogP contribution in [0.1, 0.15) is 0 Å². The SMILES string of the molecule is O=c1ccn([O-])cc1. The lowest BCUT2D eigenvalue weighted by molar-refractivity contribution is 1.06. The number of aromatic nitrogens is 1. The second kappa shape index (κ2) is 1.69. The Morgan fingerprint density at radius 1 is 1.38 bits per heavy atom. The van der Waals surface area contributed by atoms with E-state index in [2.05, 4.69) is 0 Å². The van der Waals surface area contributed by atoms with Gasteiger partial charge in [-0.25, -0.2) is 0 Å². The molecule has 0 atom stereocenters. The van der Waals surface area contributed by atoms with Crippen LogP contribution in [0.15, 0.2) is 29.3 Å². The number of hydrogen-bond acceptors (Lipinski definition) is 2. The lowest BCUT2D eigenvalue weighted by Gasteiger charge is -2.05. The minimum absolute atomic E-state index is 0.142. The molecule has 1 aromatic heterocycles. The van der Waals surface area contributed by atoms with E-state index < -0.39 is 0 Å². The summed E-state index contributed by atoms with van der Waals surface area (Å²) in [5.74, 6) is 0. The Bertz CT molecular complexity index is 208. The average molecular weight is 110 g/mol. The molecule has 42 valence electrons. The molecule has 1 rings (SSSR count). The average Bonchev–Trinajstić information content (AvgIpc) is 1.77. The highest BCUT2D eigenvalue weighted by molar-refractivity contribution is 4.94. The van der Waals surface area contributed by atoms with E-state index >= 15 is 0 Å². The molecule has 0 amide bonds. The van der Waals surface area contributed by atoms with Gasteiger partial charge >= 0.3 is 0 Å². The Balaban J connectivity index is 3.22. The molecule has 0 radical (unpaired) electrons. The summed E-state index contributed by atoms with van der Waals surface area (Å²) in [6.07, 6.45) is 2.34. The molecule has 0 fully saturated rings. The first-order chi connectivity index (χ1) is 3.79. The predicted octanol–water partition coefficient (Wildman–Crippen LogP) is 0.194. The van der Waals surface area contributed by atoms with E-state index in [1.807, 2.05) is 0 Å². The summed E-state index contributed by atoms with van der Waals surface area (Å²) in [5, 5.41) is 10.2. The Morgan fingerprint density at radius 3 is 2.25 bits per heavy atom. The lowest BCUT2D eigenvalue weighted by atomic mass is 10.5. The molecule has 0 aliphatic heterocycles. The van der Waals surface area contributed by atoms with Crippen molar-refractivity contribution in [2.45, 2.75) is 0 Å². The zero-order valence-corrected chi connectivity index (χ0v) is 4.07. The summed E-state index contributed by atoms with van der Waals surface area (Å²) < 4.78 is 0.571. The molecule has 0 aliphatic rings. The predicted molar refractivity (Wildman–Crippen MR) is 29.5 cm³/mol. The van der Waals surface area contributed by atoms with Gasteiger partial charge in [0, 0.05) is 24.5 Å². The van der Waals surface area contributed by atoms with Gasteiger partial charge in [0.15, 0.2) is 5.43 Å². The van der Waals surface area contributed by atoms with Gasteiger partial charge in [0.25, 0.3) is 0 Å². The fourth-order valence-electron chi connectivity index (χ4n) is 0.399. The van der Waals surface area contributed by atoms with Crippen LogP contribution < -0.4 is 5.43 Å². The highest BCUT2D eigenvalue weighted by Gasteiger charge is 1.73. The van der Waals surface area contributed by atoms with Crippen molar-refractivity contribution in [3.63, 3.8) is 0 Å². The Labute approximate surface area is 45.8 Å². The molecular weight excluding hydrogens is 106 g/mol. The third kappa shape index (κ3) is 0.872. The van der Waals surface area contributed by atoms with Crippen LogP contribution in [0, 0.1) is 5.21 Å². The van der Waals surface area contributed by atoms with Crippen LogP contribution in [0.4, 0.5) is 0 Å². The van der Waals surface area contributed by atoms with E-state index in [1.165, 1.54) is 24.5 Å². The molecule has 0 aliphatic carbocycles. The van der Waals surface area contributed by atoms with Crippen LogP contribution >= 0.6 is 0 Å². The Kier molecular flexibility index (Phi) is 1.04. The number of nitrogens with zero attached hydrogens (tertiary/aromatic N) is 1. The first-order valence-corrected chi connectivity index (χ1v) is 2.15. The zero-order valence-electron chi connectivity index (χ0n) is 4.07. The zero-order chi connectivity index (χ0) is 5.98. The maximum atomic E-state index is 10.3. The van der Waals surface area contributed by atoms with Gasteiger partial charge in [-0.1, -0.05) is 0 Å². The minimum Gasteiger partial charge on any atom is -0.806 e. The van der Waals surface area contributed by atoms with Crippen molar-refractivity contribution in [2.24, 2.45) is 0 Å². The molecule has 0 bridgehead atoms. The highest BCUT2D eigenvalue weighted by atomic mass is 16.5. The van der Waals surface area contributed by atoms with Crippen LogP contribution in [0.5, 0.6) is 0 Å². The first kappa shape index (κ1) is 4.90. The molecule has 3 heteroatoms. The fourth-order valence-corrected chi connectivity index (χ4v) is 0.399. The quantitative estimate of drug-likeness (QED) is 0.478. The van der Waals surface area contributed by atoms with Crippen molar-refractivity contribution in [3.05, 3.63) is 40.0 Å². The van der Waals surface area contributed by atoms with Crippen LogP contribution in [-0.2, 0) is 0 Å². The van der Waals surface area contributed by atoms with E-state index in [0.29, 0.717) is 4.73 Å². The van der Waals surface area contributed by atoms with Gasteiger partial charge < -0.3 is 9.94 Å². The summed E-state index contributed by atoms with van der Waals surface area (Å²) in [7, 11) is 0. The second-order valence-corrected chi connectivity index (χ2v) is 1.39. The minimum atomic E-state index is -0.142. The lowest BCUT2D eigenvalue weighted by Crippen LogP contribution is -1.97. The van der Waals surface area contributed by atoms with Crippen LogP contribution in [-0.4, -0.2) is 4.73 Å². The second-order valence-electron chi connectivity index (χ2n) is 1.39. The summed E-state index contributed by atoms with van der Waals surface area (Å²) in [6, 6.07) is 2.43. The molecular formula is C5H4NO2-. The Morgan fingerprint density at radius 2 is 1.88 bits per heavy atom. The molecule has 0 spiro atoms. The van der Waals surface area contributed by atoms with Gasteiger partial charge in [-0.2, -0.15) is 0 Å². The summed E-state index contributed by atoms with van der Waals surface area (Å²) in [4.78, 5) is 10.3. The molecule has 8 heavy (non-hydrogen) atoms. The van der Waals surface area contributed by atoms with Gasteiger partial charge in [0.1, 0.15) is 0 Å². The first-order valence-electron chi connectivity index (χ1n) is 2.15. The third-order valence-corrected chi connectivity index (χ3v) is 0.771. The smallest absolute Gasteiger partial charge is 0.181 e.